The maximum atomic E-state index is 13.3. The van der Waals surface area contributed by atoms with Crippen molar-refractivity contribution in [1.82, 2.24) is 24.8 Å². The zero-order chi connectivity index (χ0) is 26.7. The van der Waals surface area contributed by atoms with Gasteiger partial charge in [0.15, 0.2) is 5.84 Å². The Hall–Kier alpha value is -4.44. The van der Waals surface area contributed by atoms with Gasteiger partial charge >= 0.3 is 0 Å². The third kappa shape index (κ3) is 5.16. The predicted molar refractivity (Wildman–Crippen MR) is 145 cm³/mol. The van der Waals surface area contributed by atoms with Crippen LogP contribution in [0.1, 0.15) is 29.4 Å². The Morgan fingerprint density at radius 1 is 1.00 bits per heavy atom. The molecule has 3 aromatic heterocycles. The number of nitrogens with one attached hydrogen (secondary N) is 2. The van der Waals surface area contributed by atoms with Gasteiger partial charge in [0.25, 0.3) is 0 Å². The molecular formula is C28H29FN8O. The van der Waals surface area contributed by atoms with Crippen LogP contribution in [-0.2, 0) is 5.60 Å². The molecule has 4 heterocycles. The van der Waals surface area contributed by atoms with Gasteiger partial charge < -0.3 is 19.9 Å². The first-order chi connectivity index (χ1) is 18.3. The third-order valence-corrected chi connectivity index (χ3v) is 6.82. The van der Waals surface area contributed by atoms with Crippen LogP contribution in [0.15, 0.2) is 72.2 Å². The topological polar surface area (TPSA) is 117 Å². The molecule has 194 valence electrons. The molecule has 1 fully saturated rings. The maximum absolute atomic E-state index is 13.3. The fraction of sp³-hybridized carbons (Fsp3) is 0.250. The summed E-state index contributed by atoms with van der Waals surface area (Å²) in [6.07, 6.45) is 8.05. The van der Waals surface area contributed by atoms with Crippen molar-refractivity contribution in [3.05, 3.63) is 95.6 Å². The van der Waals surface area contributed by atoms with E-state index in [9.17, 15) is 9.50 Å². The second kappa shape index (κ2) is 10.5. The highest BCUT2D eigenvalue weighted by atomic mass is 19.1. The zero-order valence-corrected chi connectivity index (χ0v) is 21.3. The number of rotatable bonds is 6. The van der Waals surface area contributed by atoms with Gasteiger partial charge in [0.2, 0.25) is 5.95 Å². The normalized spacial score (nSPS) is 15.8. The molecule has 9 nitrogen and oxygen atoms in total. The number of aryl methyl sites for hydroxylation is 1. The number of aliphatic imine (C=N–C) groups is 1. The summed E-state index contributed by atoms with van der Waals surface area (Å²) in [5.41, 5.74) is 3.56. The minimum Gasteiger partial charge on any atom is -0.381 e. The van der Waals surface area contributed by atoms with Crippen LogP contribution in [0.25, 0.3) is 11.1 Å². The summed E-state index contributed by atoms with van der Waals surface area (Å²) >= 11 is 0. The van der Waals surface area contributed by atoms with Crippen LogP contribution >= 0.6 is 0 Å². The average Bonchev–Trinajstić information content (AvgIpc) is 3.42. The van der Waals surface area contributed by atoms with E-state index in [1.54, 1.807) is 31.5 Å². The second-order valence-electron chi connectivity index (χ2n) is 9.40. The lowest BCUT2D eigenvalue weighted by molar-refractivity contribution is 0.101. The number of hydrogen-bond acceptors (Lipinski definition) is 6. The monoisotopic (exact) mass is 512 g/mol. The van der Waals surface area contributed by atoms with Gasteiger partial charge in [-0.25, -0.2) is 19.4 Å². The number of pyridine rings is 1. The molecule has 5 rings (SSSR count). The van der Waals surface area contributed by atoms with E-state index in [0.29, 0.717) is 49.1 Å². The first-order valence-electron chi connectivity index (χ1n) is 12.3. The van der Waals surface area contributed by atoms with Gasteiger partial charge in [-0.1, -0.05) is 18.2 Å². The first-order valence-corrected chi connectivity index (χ1v) is 12.3. The lowest BCUT2D eigenvalue weighted by atomic mass is 9.90. The van der Waals surface area contributed by atoms with Crippen LogP contribution in [0, 0.1) is 18.2 Å². The highest BCUT2D eigenvalue weighted by molar-refractivity contribution is 6.01. The van der Waals surface area contributed by atoms with Crippen LogP contribution in [0.4, 0.5) is 10.3 Å². The number of H-pyrrole nitrogens is 1. The van der Waals surface area contributed by atoms with Gasteiger partial charge in [0.05, 0.1) is 5.69 Å². The molecule has 38 heavy (non-hydrogen) atoms. The SMILES string of the molecule is Cc1ccc(-c2c[nH]c(C(=NC=N)N3CCN(c4ncc([C@@](C)(O)c5ccc(F)cc5)cn4)CC3)c2)cn1. The number of amidine groups is 1. The summed E-state index contributed by atoms with van der Waals surface area (Å²) in [5.74, 6) is 0.921. The number of aromatic amines is 1. The molecule has 1 aromatic carbocycles. The van der Waals surface area contributed by atoms with Crippen LogP contribution in [0.2, 0.25) is 0 Å². The van der Waals surface area contributed by atoms with Gasteiger partial charge in [0, 0.05) is 73.4 Å². The minimum absolute atomic E-state index is 0.357. The van der Waals surface area contributed by atoms with Gasteiger partial charge in [-0.05, 0) is 43.7 Å². The number of benzene rings is 1. The summed E-state index contributed by atoms with van der Waals surface area (Å²) in [4.78, 5) is 25.2. The van der Waals surface area contributed by atoms with Crippen molar-refractivity contribution in [3.63, 3.8) is 0 Å². The Balaban J connectivity index is 1.26. The number of piperazine rings is 1. The molecule has 0 aliphatic carbocycles. The van der Waals surface area contributed by atoms with Crippen LogP contribution in [0.5, 0.6) is 0 Å². The Labute approximate surface area is 220 Å². The van der Waals surface area contributed by atoms with Crippen molar-refractivity contribution < 1.29 is 9.50 Å². The van der Waals surface area contributed by atoms with E-state index in [0.717, 1.165) is 28.9 Å². The number of aliphatic hydroxyl groups is 1. The van der Waals surface area contributed by atoms with Crippen molar-refractivity contribution in [2.24, 2.45) is 4.99 Å². The van der Waals surface area contributed by atoms with Crippen molar-refractivity contribution in [1.29, 1.82) is 5.41 Å². The molecule has 3 N–H and O–H groups in total. The predicted octanol–water partition coefficient (Wildman–Crippen LogP) is 3.75. The summed E-state index contributed by atoms with van der Waals surface area (Å²) in [5, 5.41) is 18.6. The standard InChI is InChI=1S/C28H29FN8O/c1-19-3-4-20(14-31-19)21-13-25(32-15-21)26(35-18-30)36-9-11-37(12-10-36)27-33-16-23(17-34-27)28(2,38)22-5-7-24(29)8-6-22/h3-8,13-18,30,32,38H,9-12H2,1-2H3/t28-/m0/s1. The average molecular weight is 513 g/mol. The maximum Gasteiger partial charge on any atom is 0.225 e. The second-order valence-corrected chi connectivity index (χ2v) is 9.40. The molecule has 1 aliphatic rings. The molecule has 1 saturated heterocycles. The summed E-state index contributed by atoms with van der Waals surface area (Å²) < 4.78 is 13.3. The fourth-order valence-electron chi connectivity index (χ4n) is 4.51. The van der Waals surface area contributed by atoms with Crippen LogP contribution in [0.3, 0.4) is 0 Å². The van der Waals surface area contributed by atoms with Crippen molar-refractivity contribution >= 4 is 18.1 Å². The molecule has 10 heteroatoms. The molecule has 0 spiro atoms. The molecule has 4 aromatic rings. The number of halogens is 1. The van der Waals surface area contributed by atoms with E-state index in [4.69, 9.17) is 5.41 Å². The lowest BCUT2D eigenvalue weighted by Gasteiger charge is -2.36. The minimum atomic E-state index is -1.34. The zero-order valence-electron chi connectivity index (χ0n) is 21.3. The molecular weight excluding hydrogens is 483 g/mol. The quantitative estimate of drug-likeness (QED) is 0.268. The molecule has 0 amide bonds. The van der Waals surface area contributed by atoms with Crippen molar-refractivity contribution in [3.8, 4) is 11.1 Å². The molecule has 0 radical (unpaired) electrons. The van der Waals surface area contributed by atoms with Gasteiger partial charge in [-0.3, -0.25) is 10.4 Å². The van der Waals surface area contributed by atoms with Crippen molar-refractivity contribution in [2.75, 3.05) is 31.1 Å². The van der Waals surface area contributed by atoms with E-state index in [2.05, 4.69) is 34.7 Å². The molecule has 0 bridgehead atoms. The Kier molecular flexibility index (Phi) is 6.97. The van der Waals surface area contributed by atoms with Gasteiger partial charge in [0.1, 0.15) is 17.8 Å². The van der Waals surface area contributed by atoms with E-state index in [1.165, 1.54) is 12.1 Å². The van der Waals surface area contributed by atoms with E-state index >= 15 is 0 Å². The Bertz CT molecular complexity index is 1420. The summed E-state index contributed by atoms with van der Waals surface area (Å²) in [7, 11) is 0. The number of anilines is 1. The third-order valence-electron chi connectivity index (χ3n) is 6.82. The highest BCUT2D eigenvalue weighted by Gasteiger charge is 2.28. The lowest BCUT2D eigenvalue weighted by Crippen LogP contribution is -2.49. The van der Waals surface area contributed by atoms with E-state index in [1.807, 2.05) is 37.5 Å². The number of hydrogen-bond donors (Lipinski definition) is 3. The molecule has 0 saturated carbocycles. The van der Waals surface area contributed by atoms with Gasteiger partial charge in [-0.2, -0.15) is 0 Å². The largest absolute Gasteiger partial charge is 0.381 e. The smallest absolute Gasteiger partial charge is 0.225 e. The van der Waals surface area contributed by atoms with Crippen LogP contribution in [-0.4, -0.2) is 68.3 Å². The number of nitrogens with zero attached hydrogens (tertiary/aromatic N) is 6. The van der Waals surface area contributed by atoms with Gasteiger partial charge in [-0.15, -0.1) is 0 Å². The number of aromatic nitrogens is 4. The molecule has 0 unspecified atom stereocenters. The Morgan fingerprint density at radius 2 is 1.71 bits per heavy atom. The van der Waals surface area contributed by atoms with E-state index < -0.39 is 5.60 Å². The Morgan fingerprint density at radius 3 is 2.34 bits per heavy atom. The van der Waals surface area contributed by atoms with E-state index in [-0.39, 0.29) is 5.82 Å². The highest BCUT2D eigenvalue weighted by Crippen LogP contribution is 2.29. The fourth-order valence-corrected chi connectivity index (χ4v) is 4.51. The van der Waals surface area contributed by atoms with Crippen LogP contribution < -0.4 is 4.90 Å². The summed E-state index contributed by atoms with van der Waals surface area (Å²) in [6.45, 7) is 6.28. The first kappa shape index (κ1) is 25.2. The molecule has 1 aliphatic heterocycles. The molecule has 1 atom stereocenters. The summed E-state index contributed by atoms with van der Waals surface area (Å²) in [6, 6.07) is 11.8. The van der Waals surface area contributed by atoms with Crippen molar-refractivity contribution in [2.45, 2.75) is 19.4 Å².